The zero-order valence-corrected chi connectivity index (χ0v) is 13.2. The maximum absolute atomic E-state index is 12.6. The normalized spacial score (nSPS) is 25.7. The molecule has 0 amide bonds. The summed E-state index contributed by atoms with van der Waals surface area (Å²) in [7, 11) is -1.58. The number of aryl methyl sites for hydroxylation is 1. The molecule has 1 aliphatic rings. The highest BCUT2D eigenvalue weighted by Crippen LogP contribution is 2.29. The minimum Gasteiger partial charge on any atom is -0.352 e. The molecule has 1 aromatic rings. The van der Waals surface area contributed by atoms with E-state index in [9.17, 15) is 8.42 Å². The Morgan fingerprint density at radius 1 is 1.37 bits per heavy atom. The van der Waals surface area contributed by atoms with Crippen LogP contribution in [0.2, 0.25) is 0 Å². The SMILES string of the molecule is CC1CN(S(=O)(=O)c2cc(CN)n(C)c2)CC(C)S1. The predicted octanol–water partition coefficient (Wildman–Crippen LogP) is 0.998. The highest BCUT2D eigenvalue weighted by Gasteiger charge is 2.32. The third-order valence-corrected chi connectivity index (χ3v) is 6.34. The Morgan fingerprint density at radius 2 is 1.95 bits per heavy atom. The second-order valence-corrected chi connectivity index (χ2v) is 8.88. The van der Waals surface area contributed by atoms with Gasteiger partial charge < -0.3 is 10.3 Å². The van der Waals surface area contributed by atoms with Crippen LogP contribution in [-0.2, 0) is 23.6 Å². The number of aromatic nitrogens is 1. The van der Waals surface area contributed by atoms with Gasteiger partial charge in [-0.15, -0.1) is 0 Å². The monoisotopic (exact) mass is 303 g/mol. The summed E-state index contributed by atoms with van der Waals surface area (Å²) in [5, 5.41) is 0.660. The molecule has 19 heavy (non-hydrogen) atoms. The number of nitrogens with two attached hydrogens (primary N) is 1. The Bertz CT molecular complexity index is 543. The van der Waals surface area contributed by atoms with Gasteiger partial charge in [-0.05, 0) is 6.07 Å². The van der Waals surface area contributed by atoms with Crippen LogP contribution in [0.5, 0.6) is 0 Å². The molecule has 1 saturated heterocycles. The molecule has 1 aromatic heterocycles. The lowest BCUT2D eigenvalue weighted by atomic mass is 10.4. The van der Waals surface area contributed by atoms with Crippen molar-refractivity contribution in [3.8, 4) is 0 Å². The van der Waals surface area contributed by atoms with Crippen molar-refractivity contribution in [2.75, 3.05) is 13.1 Å². The second-order valence-electron chi connectivity index (χ2n) is 5.06. The van der Waals surface area contributed by atoms with Gasteiger partial charge in [-0.1, -0.05) is 13.8 Å². The Labute approximate surface area is 119 Å². The van der Waals surface area contributed by atoms with E-state index < -0.39 is 10.0 Å². The van der Waals surface area contributed by atoms with E-state index >= 15 is 0 Å². The zero-order chi connectivity index (χ0) is 14.2. The number of hydrogen-bond acceptors (Lipinski definition) is 4. The van der Waals surface area contributed by atoms with Gasteiger partial charge in [0.15, 0.2) is 0 Å². The van der Waals surface area contributed by atoms with Crippen LogP contribution in [0.3, 0.4) is 0 Å². The Morgan fingerprint density at radius 3 is 2.42 bits per heavy atom. The molecule has 0 aliphatic carbocycles. The zero-order valence-electron chi connectivity index (χ0n) is 11.5. The largest absolute Gasteiger partial charge is 0.352 e. The van der Waals surface area contributed by atoms with E-state index in [1.54, 1.807) is 21.1 Å². The third-order valence-electron chi connectivity index (χ3n) is 3.32. The molecule has 0 bridgehead atoms. The van der Waals surface area contributed by atoms with Crippen molar-refractivity contribution in [2.24, 2.45) is 12.8 Å². The highest BCUT2D eigenvalue weighted by molar-refractivity contribution is 8.00. The molecular formula is C12H21N3O2S2. The second kappa shape index (κ2) is 5.47. The van der Waals surface area contributed by atoms with Crippen molar-refractivity contribution in [2.45, 2.75) is 35.8 Å². The van der Waals surface area contributed by atoms with Crippen molar-refractivity contribution in [3.63, 3.8) is 0 Å². The van der Waals surface area contributed by atoms with Crippen molar-refractivity contribution < 1.29 is 8.42 Å². The van der Waals surface area contributed by atoms with Gasteiger partial charge in [0.25, 0.3) is 0 Å². The maximum atomic E-state index is 12.6. The molecule has 7 heteroatoms. The fourth-order valence-corrected chi connectivity index (χ4v) is 5.63. The Hall–Kier alpha value is -0.500. The highest BCUT2D eigenvalue weighted by atomic mass is 32.2. The van der Waals surface area contributed by atoms with Gasteiger partial charge in [0.05, 0.1) is 0 Å². The van der Waals surface area contributed by atoms with Gasteiger partial charge >= 0.3 is 0 Å². The smallest absolute Gasteiger partial charge is 0.244 e. The van der Waals surface area contributed by atoms with E-state index in [1.807, 2.05) is 18.8 Å². The summed E-state index contributed by atoms with van der Waals surface area (Å²) in [4.78, 5) is 0.349. The van der Waals surface area contributed by atoms with E-state index in [2.05, 4.69) is 13.8 Å². The minimum absolute atomic E-state index is 0.330. The molecule has 108 valence electrons. The van der Waals surface area contributed by atoms with Gasteiger partial charge in [-0.3, -0.25) is 0 Å². The predicted molar refractivity (Wildman–Crippen MR) is 78.6 cm³/mol. The first kappa shape index (κ1) is 14.9. The van der Waals surface area contributed by atoms with E-state index in [0.29, 0.717) is 35.0 Å². The van der Waals surface area contributed by atoms with Crippen LogP contribution in [0, 0.1) is 0 Å². The van der Waals surface area contributed by atoms with E-state index in [4.69, 9.17) is 5.73 Å². The molecule has 5 nitrogen and oxygen atoms in total. The molecule has 2 N–H and O–H groups in total. The summed E-state index contributed by atoms with van der Waals surface area (Å²) in [6.45, 7) is 5.63. The summed E-state index contributed by atoms with van der Waals surface area (Å²) >= 11 is 1.84. The van der Waals surface area contributed by atoms with Gasteiger partial charge in [0, 0.05) is 49.1 Å². The van der Waals surface area contributed by atoms with Crippen LogP contribution in [0.4, 0.5) is 0 Å². The van der Waals surface area contributed by atoms with Gasteiger partial charge in [0.2, 0.25) is 10.0 Å². The number of rotatable bonds is 3. The van der Waals surface area contributed by atoms with E-state index in [-0.39, 0.29) is 0 Å². The number of nitrogens with zero attached hydrogens (tertiary/aromatic N) is 2. The standard InChI is InChI=1S/C12H21N3O2S2/c1-9-6-15(7-10(2)18-9)19(16,17)12-4-11(5-13)14(3)8-12/h4,8-10H,5-7,13H2,1-3H3. The van der Waals surface area contributed by atoms with Gasteiger partial charge in [-0.25, -0.2) is 8.42 Å². The summed E-state index contributed by atoms with van der Waals surface area (Å²) in [6.07, 6.45) is 1.65. The average Bonchev–Trinajstić information content (AvgIpc) is 2.70. The summed E-state index contributed by atoms with van der Waals surface area (Å²) < 4.78 is 28.6. The first-order valence-electron chi connectivity index (χ1n) is 6.35. The molecule has 1 fully saturated rings. The number of hydrogen-bond donors (Lipinski definition) is 1. The maximum Gasteiger partial charge on any atom is 0.244 e. The van der Waals surface area contributed by atoms with E-state index in [1.165, 1.54) is 0 Å². The molecule has 2 rings (SSSR count). The Kier molecular flexibility index (Phi) is 4.29. The lowest BCUT2D eigenvalue weighted by Crippen LogP contribution is -2.43. The quantitative estimate of drug-likeness (QED) is 0.904. The van der Waals surface area contributed by atoms with Crippen LogP contribution < -0.4 is 5.73 Å². The summed E-state index contributed by atoms with van der Waals surface area (Å²) in [5.41, 5.74) is 6.42. The molecular weight excluding hydrogens is 282 g/mol. The molecule has 2 unspecified atom stereocenters. The minimum atomic E-state index is -3.40. The van der Waals surface area contributed by atoms with Crippen molar-refractivity contribution in [3.05, 3.63) is 18.0 Å². The Balaban J connectivity index is 2.30. The fourth-order valence-electron chi connectivity index (χ4n) is 2.40. The van der Waals surface area contributed by atoms with Crippen LogP contribution in [-0.4, -0.2) is 40.9 Å². The number of thioether (sulfide) groups is 1. The van der Waals surface area contributed by atoms with E-state index in [0.717, 1.165) is 5.69 Å². The third kappa shape index (κ3) is 2.99. The van der Waals surface area contributed by atoms with Crippen molar-refractivity contribution >= 4 is 21.8 Å². The number of sulfonamides is 1. The molecule has 1 aliphatic heterocycles. The molecule has 0 aromatic carbocycles. The topological polar surface area (TPSA) is 68.3 Å². The molecule has 2 atom stereocenters. The van der Waals surface area contributed by atoms with Crippen LogP contribution >= 0.6 is 11.8 Å². The molecule has 2 heterocycles. The molecule has 0 spiro atoms. The van der Waals surface area contributed by atoms with Gasteiger partial charge in [-0.2, -0.15) is 16.1 Å². The summed E-state index contributed by atoms with van der Waals surface area (Å²) in [6, 6.07) is 1.67. The average molecular weight is 303 g/mol. The molecule has 0 radical (unpaired) electrons. The van der Waals surface area contributed by atoms with Crippen molar-refractivity contribution in [1.29, 1.82) is 0 Å². The van der Waals surface area contributed by atoms with Crippen LogP contribution in [0.1, 0.15) is 19.5 Å². The van der Waals surface area contributed by atoms with Crippen LogP contribution in [0.25, 0.3) is 0 Å². The first-order valence-corrected chi connectivity index (χ1v) is 8.73. The lowest BCUT2D eigenvalue weighted by Gasteiger charge is -2.33. The van der Waals surface area contributed by atoms with Gasteiger partial charge in [0.1, 0.15) is 4.90 Å². The summed E-state index contributed by atoms with van der Waals surface area (Å²) in [5.74, 6) is 0. The molecule has 0 saturated carbocycles. The van der Waals surface area contributed by atoms with Crippen LogP contribution in [0.15, 0.2) is 17.2 Å². The van der Waals surface area contributed by atoms with Crippen molar-refractivity contribution in [1.82, 2.24) is 8.87 Å². The lowest BCUT2D eigenvalue weighted by molar-refractivity contribution is 0.405. The first-order chi connectivity index (χ1) is 8.84. The fraction of sp³-hybridized carbons (Fsp3) is 0.667.